The SMILES string of the molecule is O=C(c1cccc(CO)c1)N1CCCC(COc2ccc(F)cc2)C1. The second kappa shape index (κ2) is 8.12. The lowest BCUT2D eigenvalue weighted by atomic mass is 9.98. The van der Waals surface area contributed by atoms with Crippen LogP contribution in [0.15, 0.2) is 48.5 Å². The minimum atomic E-state index is -0.285. The number of hydrogen-bond acceptors (Lipinski definition) is 3. The van der Waals surface area contributed by atoms with Crippen LogP contribution in [0.1, 0.15) is 28.8 Å². The molecule has 0 radical (unpaired) electrons. The van der Waals surface area contributed by atoms with Gasteiger partial charge in [-0.25, -0.2) is 4.39 Å². The monoisotopic (exact) mass is 343 g/mol. The summed E-state index contributed by atoms with van der Waals surface area (Å²) in [5.74, 6) is 0.595. The quantitative estimate of drug-likeness (QED) is 0.907. The molecule has 2 aromatic carbocycles. The Kier molecular flexibility index (Phi) is 5.66. The summed E-state index contributed by atoms with van der Waals surface area (Å²) in [7, 11) is 0. The van der Waals surface area contributed by atoms with E-state index in [9.17, 15) is 14.3 Å². The van der Waals surface area contributed by atoms with Gasteiger partial charge in [-0.3, -0.25) is 4.79 Å². The Hall–Kier alpha value is -2.40. The molecule has 5 heteroatoms. The number of amides is 1. The lowest BCUT2D eigenvalue weighted by Crippen LogP contribution is -2.41. The van der Waals surface area contributed by atoms with E-state index in [1.165, 1.54) is 12.1 Å². The maximum Gasteiger partial charge on any atom is 0.253 e. The number of piperidine rings is 1. The summed E-state index contributed by atoms with van der Waals surface area (Å²) in [5, 5.41) is 9.23. The third-order valence-corrected chi connectivity index (χ3v) is 4.46. The van der Waals surface area contributed by atoms with Crippen LogP contribution < -0.4 is 4.74 Å². The maximum atomic E-state index is 12.9. The average molecular weight is 343 g/mol. The predicted molar refractivity (Wildman–Crippen MR) is 92.9 cm³/mol. The van der Waals surface area contributed by atoms with Crippen molar-refractivity contribution in [3.8, 4) is 5.75 Å². The molecule has 1 unspecified atom stereocenters. The molecule has 1 amide bonds. The van der Waals surface area contributed by atoms with Crippen molar-refractivity contribution in [1.82, 2.24) is 4.90 Å². The van der Waals surface area contributed by atoms with E-state index < -0.39 is 0 Å². The molecule has 3 rings (SSSR count). The Labute approximate surface area is 146 Å². The van der Waals surface area contributed by atoms with Crippen LogP contribution in [0.25, 0.3) is 0 Å². The lowest BCUT2D eigenvalue weighted by Gasteiger charge is -2.32. The summed E-state index contributed by atoms with van der Waals surface area (Å²) in [4.78, 5) is 14.5. The Morgan fingerprint density at radius 1 is 1.24 bits per heavy atom. The summed E-state index contributed by atoms with van der Waals surface area (Å²) in [6, 6.07) is 13.1. The molecule has 1 heterocycles. The molecule has 1 aliphatic rings. The van der Waals surface area contributed by atoms with Crippen molar-refractivity contribution in [1.29, 1.82) is 0 Å². The summed E-state index contributed by atoms with van der Waals surface area (Å²) >= 11 is 0. The molecule has 0 aliphatic carbocycles. The molecular formula is C20H22FNO3. The van der Waals surface area contributed by atoms with Gasteiger partial charge in [0.2, 0.25) is 0 Å². The second-order valence-electron chi connectivity index (χ2n) is 6.38. The molecule has 1 atom stereocenters. The maximum absolute atomic E-state index is 12.9. The molecule has 2 aromatic rings. The first kappa shape index (κ1) is 17.4. The van der Waals surface area contributed by atoms with Gasteiger partial charge in [-0.1, -0.05) is 12.1 Å². The van der Waals surface area contributed by atoms with Crippen LogP contribution in [-0.2, 0) is 6.61 Å². The van der Waals surface area contributed by atoms with Gasteiger partial charge < -0.3 is 14.7 Å². The fourth-order valence-electron chi connectivity index (χ4n) is 3.12. The molecule has 0 aromatic heterocycles. The number of hydrogen-bond donors (Lipinski definition) is 1. The average Bonchev–Trinajstić information content (AvgIpc) is 2.67. The smallest absolute Gasteiger partial charge is 0.253 e. The Balaban J connectivity index is 1.58. The van der Waals surface area contributed by atoms with Crippen molar-refractivity contribution in [3.63, 3.8) is 0 Å². The van der Waals surface area contributed by atoms with Crippen molar-refractivity contribution in [3.05, 3.63) is 65.5 Å². The summed E-state index contributed by atoms with van der Waals surface area (Å²) in [6.45, 7) is 1.81. The van der Waals surface area contributed by atoms with Crippen molar-refractivity contribution in [2.45, 2.75) is 19.4 Å². The first-order chi connectivity index (χ1) is 12.2. The standard InChI is InChI=1S/C20H22FNO3/c21-18-6-8-19(9-7-18)25-14-16-4-2-10-22(12-16)20(24)17-5-1-3-15(11-17)13-23/h1,3,5-9,11,16,23H,2,4,10,12-14H2. The van der Waals surface area contributed by atoms with Crippen LogP contribution >= 0.6 is 0 Å². The van der Waals surface area contributed by atoms with Gasteiger partial charge >= 0.3 is 0 Å². The van der Waals surface area contributed by atoms with E-state index >= 15 is 0 Å². The highest BCUT2D eigenvalue weighted by Gasteiger charge is 2.25. The number of carbonyl (C=O) groups is 1. The molecule has 1 aliphatic heterocycles. The molecule has 1 saturated heterocycles. The Morgan fingerprint density at radius 3 is 2.80 bits per heavy atom. The molecule has 25 heavy (non-hydrogen) atoms. The number of rotatable bonds is 5. The Bertz CT molecular complexity index is 717. The zero-order valence-electron chi connectivity index (χ0n) is 14.0. The van der Waals surface area contributed by atoms with Gasteiger partial charge in [0.05, 0.1) is 13.2 Å². The molecule has 132 valence electrons. The number of aliphatic hydroxyl groups is 1. The largest absolute Gasteiger partial charge is 0.493 e. The number of carbonyl (C=O) groups excluding carboxylic acids is 1. The second-order valence-corrected chi connectivity index (χ2v) is 6.38. The van der Waals surface area contributed by atoms with Crippen LogP contribution in [-0.4, -0.2) is 35.6 Å². The first-order valence-corrected chi connectivity index (χ1v) is 8.53. The van der Waals surface area contributed by atoms with Crippen molar-refractivity contribution >= 4 is 5.91 Å². The number of likely N-dealkylation sites (tertiary alicyclic amines) is 1. The number of benzene rings is 2. The van der Waals surface area contributed by atoms with Crippen LogP contribution in [0.2, 0.25) is 0 Å². The first-order valence-electron chi connectivity index (χ1n) is 8.53. The Morgan fingerprint density at radius 2 is 2.04 bits per heavy atom. The fraction of sp³-hybridized carbons (Fsp3) is 0.350. The highest BCUT2D eigenvalue weighted by atomic mass is 19.1. The summed E-state index contributed by atoms with van der Waals surface area (Å²) < 4.78 is 18.7. The van der Waals surface area contributed by atoms with Gasteiger partial charge in [-0.05, 0) is 54.8 Å². The highest BCUT2D eigenvalue weighted by molar-refractivity contribution is 5.94. The third-order valence-electron chi connectivity index (χ3n) is 4.46. The van der Waals surface area contributed by atoms with E-state index in [1.54, 1.807) is 36.4 Å². The number of aliphatic hydroxyl groups excluding tert-OH is 1. The van der Waals surface area contributed by atoms with E-state index in [0.717, 1.165) is 24.9 Å². The predicted octanol–water partition coefficient (Wildman–Crippen LogP) is 3.25. The van der Waals surface area contributed by atoms with Crippen molar-refractivity contribution in [2.24, 2.45) is 5.92 Å². The summed E-state index contributed by atoms with van der Waals surface area (Å²) in [6.07, 6.45) is 1.94. The van der Waals surface area contributed by atoms with E-state index in [0.29, 0.717) is 24.5 Å². The minimum absolute atomic E-state index is 0.0122. The van der Waals surface area contributed by atoms with Gasteiger partial charge in [0.25, 0.3) is 5.91 Å². The van der Waals surface area contributed by atoms with Gasteiger partial charge in [-0.15, -0.1) is 0 Å². The molecular weight excluding hydrogens is 321 g/mol. The van der Waals surface area contributed by atoms with E-state index in [2.05, 4.69) is 0 Å². The lowest BCUT2D eigenvalue weighted by molar-refractivity contribution is 0.0633. The molecule has 0 bridgehead atoms. The van der Waals surface area contributed by atoms with Gasteiger partial charge in [0.15, 0.2) is 0 Å². The van der Waals surface area contributed by atoms with Gasteiger partial charge in [0, 0.05) is 24.6 Å². The molecule has 0 spiro atoms. The number of halogens is 1. The van der Waals surface area contributed by atoms with E-state index in [4.69, 9.17) is 4.74 Å². The van der Waals surface area contributed by atoms with Crippen LogP contribution in [0.5, 0.6) is 5.75 Å². The highest BCUT2D eigenvalue weighted by Crippen LogP contribution is 2.21. The van der Waals surface area contributed by atoms with Crippen LogP contribution in [0.4, 0.5) is 4.39 Å². The number of nitrogens with zero attached hydrogens (tertiary/aromatic N) is 1. The van der Waals surface area contributed by atoms with E-state index in [1.807, 2.05) is 4.90 Å². The van der Waals surface area contributed by atoms with Gasteiger partial charge in [-0.2, -0.15) is 0 Å². The third kappa shape index (κ3) is 4.57. The zero-order chi connectivity index (χ0) is 17.6. The van der Waals surface area contributed by atoms with Crippen LogP contribution in [0.3, 0.4) is 0 Å². The molecule has 1 fully saturated rings. The molecule has 1 N–H and O–H groups in total. The zero-order valence-corrected chi connectivity index (χ0v) is 14.0. The fourth-order valence-corrected chi connectivity index (χ4v) is 3.12. The van der Waals surface area contributed by atoms with Gasteiger partial charge in [0.1, 0.15) is 11.6 Å². The van der Waals surface area contributed by atoms with E-state index in [-0.39, 0.29) is 24.2 Å². The number of ether oxygens (including phenoxy) is 1. The van der Waals surface area contributed by atoms with Crippen LogP contribution in [0, 0.1) is 11.7 Å². The minimum Gasteiger partial charge on any atom is -0.493 e. The van der Waals surface area contributed by atoms with Crippen molar-refractivity contribution in [2.75, 3.05) is 19.7 Å². The van der Waals surface area contributed by atoms with Crippen molar-refractivity contribution < 1.29 is 19.0 Å². The summed E-state index contributed by atoms with van der Waals surface area (Å²) in [5.41, 5.74) is 1.34. The topological polar surface area (TPSA) is 49.8 Å². The molecule has 4 nitrogen and oxygen atoms in total. The molecule has 0 saturated carbocycles. The normalized spacial score (nSPS) is 17.4.